The van der Waals surface area contributed by atoms with Gasteiger partial charge in [0.25, 0.3) is 0 Å². The van der Waals surface area contributed by atoms with Crippen molar-refractivity contribution in [3.8, 4) is 0 Å². The fraction of sp³-hybridized carbons (Fsp3) is 0.118. The molecule has 1 aromatic carbocycles. The van der Waals surface area contributed by atoms with Crippen molar-refractivity contribution in [1.82, 2.24) is 10.3 Å². The highest BCUT2D eigenvalue weighted by molar-refractivity contribution is 5.79. The molecule has 2 nitrogen and oxygen atoms in total. The summed E-state index contributed by atoms with van der Waals surface area (Å²) in [6, 6.07) is 11.1. The van der Waals surface area contributed by atoms with Gasteiger partial charge in [-0.1, -0.05) is 48.6 Å². The van der Waals surface area contributed by atoms with Crippen molar-refractivity contribution in [2.75, 3.05) is 0 Å². The summed E-state index contributed by atoms with van der Waals surface area (Å²) in [4.78, 5) is 4.54. The summed E-state index contributed by atoms with van der Waals surface area (Å²) in [5.74, 6) is 0. The standard InChI is InChI=1S/C17H14N2/c1-3-7-15-12(5-1)9-14(11-18-15)17-10-13-6-2-4-8-16(13)19-17/h1-11,16-17,19H. The van der Waals surface area contributed by atoms with E-state index in [-0.39, 0.29) is 6.04 Å². The van der Waals surface area contributed by atoms with Gasteiger partial charge < -0.3 is 0 Å². The predicted molar refractivity (Wildman–Crippen MR) is 77.8 cm³/mol. The van der Waals surface area contributed by atoms with Gasteiger partial charge in [0.2, 0.25) is 0 Å². The first-order valence-corrected chi connectivity index (χ1v) is 6.57. The Hall–Kier alpha value is -2.19. The van der Waals surface area contributed by atoms with Crippen molar-refractivity contribution in [3.05, 3.63) is 78.0 Å². The first-order valence-electron chi connectivity index (χ1n) is 6.57. The molecule has 1 aliphatic heterocycles. The molecule has 2 unspecified atom stereocenters. The van der Waals surface area contributed by atoms with Gasteiger partial charge in [0.05, 0.1) is 17.6 Å². The lowest BCUT2D eigenvalue weighted by molar-refractivity contribution is 0.642. The molecular weight excluding hydrogens is 232 g/mol. The van der Waals surface area contributed by atoms with Gasteiger partial charge in [-0.15, -0.1) is 0 Å². The molecule has 0 amide bonds. The molecule has 0 saturated carbocycles. The number of nitrogens with zero attached hydrogens (tertiary/aromatic N) is 1. The van der Waals surface area contributed by atoms with Crippen molar-refractivity contribution in [2.24, 2.45) is 0 Å². The lowest BCUT2D eigenvalue weighted by Gasteiger charge is -2.14. The summed E-state index contributed by atoms with van der Waals surface area (Å²) < 4.78 is 0. The van der Waals surface area contributed by atoms with Gasteiger partial charge in [-0.05, 0) is 23.3 Å². The van der Waals surface area contributed by atoms with E-state index in [1.54, 1.807) is 0 Å². The van der Waals surface area contributed by atoms with Crippen LogP contribution in [0.4, 0.5) is 0 Å². The van der Waals surface area contributed by atoms with E-state index >= 15 is 0 Å². The molecule has 1 aromatic heterocycles. The van der Waals surface area contributed by atoms with Crippen LogP contribution in [0.5, 0.6) is 0 Å². The van der Waals surface area contributed by atoms with Crippen LogP contribution in [0.2, 0.25) is 0 Å². The van der Waals surface area contributed by atoms with Crippen LogP contribution in [0, 0.1) is 0 Å². The van der Waals surface area contributed by atoms with Crippen LogP contribution in [0.25, 0.3) is 10.9 Å². The van der Waals surface area contributed by atoms with Crippen molar-refractivity contribution in [3.63, 3.8) is 0 Å². The molecule has 2 atom stereocenters. The SMILES string of the molecule is C1=CC2=CC(c3cnc4ccccc4c3)NC2C=C1. The zero-order valence-corrected chi connectivity index (χ0v) is 10.5. The maximum Gasteiger partial charge on any atom is 0.0702 e. The predicted octanol–water partition coefficient (Wildman–Crippen LogP) is 3.30. The molecule has 2 heterocycles. The molecule has 19 heavy (non-hydrogen) atoms. The Kier molecular flexibility index (Phi) is 2.35. The first kappa shape index (κ1) is 10.7. The third kappa shape index (κ3) is 1.81. The molecule has 0 radical (unpaired) electrons. The minimum Gasteiger partial charge on any atom is -0.296 e. The summed E-state index contributed by atoms with van der Waals surface area (Å²) in [6.07, 6.45) is 12.8. The van der Waals surface area contributed by atoms with Gasteiger partial charge in [-0.2, -0.15) is 0 Å². The number of hydrogen-bond acceptors (Lipinski definition) is 2. The van der Waals surface area contributed by atoms with Crippen molar-refractivity contribution >= 4 is 10.9 Å². The van der Waals surface area contributed by atoms with Crippen LogP contribution >= 0.6 is 0 Å². The Bertz CT molecular complexity index is 725. The van der Waals surface area contributed by atoms with Crippen LogP contribution in [-0.4, -0.2) is 11.0 Å². The Balaban J connectivity index is 1.74. The van der Waals surface area contributed by atoms with E-state index in [1.807, 2.05) is 18.3 Å². The van der Waals surface area contributed by atoms with E-state index in [4.69, 9.17) is 0 Å². The minimum atomic E-state index is 0.254. The van der Waals surface area contributed by atoms with Crippen LogP contribution < -0.4 is 5.32 Å². The van der Waals surface area contributed by atoms with Crippen LogP contribution in [0.15, 0.2) is 72.5 Å². The summed E-state index contributed by atoms with van der Waals surface area (Å²) >= 11 is 0. The van der Waals surface area contributed by atoms with Gasteiger partial charge in [0.15, 0.2) is 0 Å². The van der Waals surface area contributed by atoms with Crippen molar-refractivity contribution in [2.45, 2.75) is 12.1 Å². The number of rotatable bonds is 1. The van der Waals surface area contributed by atoms with Gasteiger partial charge in [-0.3, -0.25) is 10.3 Å². The van der Waals surface area contributed by atoms with E-state index in [0.29, 0.717) is 6.04 Å². The second kappa shape index (κ2) is 4.18. The smallest absolute Gasteiger partial charge is 0.0702 e. The minimum absolute atomic E-state index is 0.254. The summed E-state index contributed by atoms with van der Waals surface area (Å²) in [5, 5.41) is 4.80. The summed E-state index contributed by atoms with van der Waals surface area (Å²) in [5.41, 5.74) is 3.62. The number of para-hydroxylation sites is 1. The van der Waals surface area contributed by atoms with Crippen LogP contribution in [0.1, 0.15) is 11.6 Å². The third-order valence-corrected chi connectivity index (χ3v) is 3.75. The lowest BCUT2D eigenvalue weighted by Crippen LogP contribution is -2.25. The topological polar surface area (TPSA) is 24.9 Å². The number of hydrogen-bond donors (Lipinski definition) is 1. The highest BCUT2D eigenvalue weighted by atomic mass is 15.0. The molecule has 0 fully saturated rings. The lowest BCUT2D eigenvalue weighted by atomic mass is 10.0. The monoisotopic (exact) mass is 246 g/mol. The number of allylic oxidation sites excluding steroid dienone is 2. The Morgan fingerprint density at radius 1 is 1.05 bits per heavy atom. The number of benzene rings is 1. The van der Waals surface area contributed by atoms with Gasteiger partial charge in [-0.25, -0.2) is 0 Å². The third-order valence-electron chi connectivity index (χ3n) is 3.75. The largest absolute Gasteiger partial charge is 0.296 e. The molecule has 1 N–H and O–H groups in total. The van der Waals surface area contributed by atoms with E-state index in [9.17, 15) is 0 Å². The van der Waals surface area contributed by atoms with Gasteiger partial charge in [0, 0.05) is 11.6 Å². The number of nitrogens with one attached hydrogen (secondary N) is 1. The average molecular weight is 246 g/mol. The average Bonchev–Trinajstić information content (AvgIpc) is 2.90. The van der Waals surface area contributed by atoms with Crippen molar-refractivity contribution < 1.29 is 0 Å². The van der Waals surface area contributed by atoms with Gasteiger partial charge >= 0.3 is 0 Å². The molecule has 0 bridgehead atoms. The Labute approximate surface area is 112 Å². The molecule has 2 aromatic rings. The number of aromatic nitrogens is 1. The Morgan fingerprint density at radius 3 is 2.95 bits per heavy atom. The Morgan fingerprint density at radius 2 is 2.00 bits per heavy atom. The summed E-state index contributed by atoms with van der Waals surface area (Å²) in [7, 11) is 0. The zero-order chi connectivity index (χ0) is 12.7. The fourth-order valence-electron chi connectivity index (χ4n) is 2.75. The second-order valence-corrected chi connectivity index (χ2v) is 4.99. The molecule has 4 rings (SSSR count). The molecule has 2 aliphatic rings. The summed E-state index contributed by atoms with van der Waals surface area (Å²) in [6.45, 7) is 0. The van der Waals surface area contributed by atoms with E-state index in [1.165, 1.54) is 16.5 Å². The molecule has 92 valence electrons. The highest BCUT2D eigenvalue weighted by Gasteiger charge is 2.24. The van der Waals surface area contributed by atoms with Crippen molar-refractivity contribution in [1.29, 1.82) is 0 Å². The van der Waals surface area contributed by atoms with E-state index < -0.39 is 0 Å². The maximum absolute atomic E-state index is 4.54. The number of pyridine rings is 1. The van der Waals surface area contributed by atoms with E-state index in [2.05, 4.69) is 58.9 Å². The molecular formula is C17H14N2. The van der Waals surface area contributed by atoms with Gasteiger partial charge in [0.1, 0.15) is 0 Å². The molecule has 2 heteroatoms. The second-order valence-electron chi connectivity index (χ2n) is 4.99. The zero-order valence-electron chi connectivity index (χ0n) is 10.5. The number of fused-ring (bicyclic) bond motifs is 2. The van der Waals surface area contributed by atoms with Crippen LogP contribution in [-0.2, 0) is 0 Å². The normalized spacial score (nSPS) is 24.5. The van der Waals surface area contributed by atoms with E-state index in [0.717, 1.165) is 5.52 Å². The highest BCUT2D eigenvalue weighted by Crippen LogP contribution is 2.29. The maximum atomic E-state index is 4.54. The van der Waals surface area contributed by atoms with Crippen LogP contribution in [0.3, 0.4) is 0 Å². The first-order chi connectivity index (χ1) is 9.40. The quantitative estimate of drug-likeness (QED) is 0.835. The molecule has 1 aliphatic carbocycles. The fourth-order valence-corrected chi connectivity index (χ4v) is 2.75. The molecule has 0 saturated heterocycles. The molecule has 0 spiro atoms.